The molecule has 2 rings (SSSR count). The van der Waals surface area contributed by atoms with Crippen LogP contribution in [-0.4, -0.2) is 10.9 Å². The molecule has 6 heteroatoms. The number of anilines is 1. The van der Waals surface area contributed by atoms with Crippen molar-refractivity contribution in [2.45, 2.75) is 19.8 Å². The molecule has 0 aliphatic heterocycles. The van der Waals surface area contributed by atoms with Crippen LogP contribution in [0.25, 0.3) is 0 Å². The Hall–Kier alpha value is -1.29. The third-order valence-corrected chi connectivity index (χ3v) is 3.64. The molecule has 2 aromatic rings. The maximum atomic E-state index is 12.3. The lowest BCUT2D eigenvalue weighted by Crippen LogP contribution is -2.13. The first-order valence-corrected chi connectivity index (χ1v) is 7.56. The van der Waals surface area contributed by atoms with Gasteiger partial charge in [0.25, 0.3) is 5.91 Å². The Morgan fingerprint density at radius 2 is 1.86 bits per heavy atom. The number of carbonyl (C=O) groups is 1. The Labute approximate surface area is 138 Å². The van der Waals surface area contributed by atoms with E-state index in [1.165, 1.54) is 6.07 Å². The highest BCUT2D eigenvalue weighted by Gasteiger charge is 2.13. The molecule has 0 fully saturated rings. The van der Waals surface area contributed by atoms with E-state index in [0.29, 0.717) is 21.3 Å². The minimum atomic E-state index is -0.327. The third-order valence-electron chi connectivity index (χ3n) is 2.82. The van der Waals surface area contributed by atoms with E-state index in [9.17, 15) is 4.79 Å². The molecule has 1 aromatic heterocycles. The van der Waals surface area contributed by atoms with Crippen LogP contribution in [0.15, 0.2) is 30.3 Å². The highest BCUT2D eigenvalue weighted by molar-refractivity contribution is 6.40. The first-order chi connectivity index (χ1) is 10.0. The summed E-state index contributed by atoms with van der Waals surface area (Å²) in [5.74, 6) is -0.327. The number of pyridine rings is 1. The highest BCUT2D eigenvalue weighted by atomic mass is 35.5. The van der Waals surface area contributed by atoms with E-state index in [2.05, 4.69) is 10.3 Å². The van der Waals surface area contributed by atoms with Gasteiger partial charge in [-0.3, -0.25) is 4.79 Å². The van der Waals surface area contributed by atoms with E-state index in [4.69, 9.17) is 34.8 Å². The molecule has 0 unspecified atom stereocenters. The van der Waals surface area contributed by atoms with Crippen molar-refractivity contribution in [3.8, 4) is 0 Å². The number of para-hydroxylation sites is 1. The zero-order valence-corrected chi connectivity index (χ0v) is 13.6. The van der Waals surface area contributed by atoms with Crippen molar-refractivity contribution in [2.75, 3.05) is 5.32 Å². The van der Waals surface area contributed by atoms with Crippen LogP contribution in [0.5, 0.6) is 0 Å². The molecule has 1 aromatic carbocycles. The van der Waals surface area contributed by atoms with E-state index >= 15 is 0 Å². The molecule has 0 radical (unpaired) electrons. The smallest absolute Gasteiger partial charge is 0.255 e. The predicted octanol–water partition coefficient (Wildman–Crippen LogP) is 5.25. The molecule has 0 aliphatic carbocycles. The van der Waals surface area contributed by atoms with Crippen LogP contribution >= 0.6 is 34.8 Å². The number of hydrogen-bond acceptors (Lipinski definition) is 2. The maximum Gasteiger partial charge on any atom is 0.255 e. The second kappa shape index (κ2) is 7.12. The van der Waals surface area contributed by atoms with Gasteiger partial charge in [-0.25, -0.2) is 4.98 Å². The lowest BCUT2D eigenvalue weighted by Gasteiger charge is -2.10. The minimum absolute atomic E-state index is 0.288. The first-order valence-electron chi connectivity index (χ1n) is 6.43. The minimum Gasteiger partial charge on any atom is -0.319 e. The van der Waals surface area contributed by atoms with E-state index < -0.39 is 0 Å². The molecule has 0 atom stereocenters. The number of rotatable bonds is 4. The van der Waals surface area contributed by atoms with Crippen LogP contribution in [0.4, 0.5) is 5.69 Å². The van der Waals surface area contributed by atoms with Gasteiger partial charge in [-0.2, -0.15) is 0 Å². The Kier molecular flexibility index (Phi) is 5.45. The normalized spacial score (nSPS) is 10.5. The summed E-state index contributed by atoms with van der Waals surface area (Å²) in [6, 6.07) is 8.26. The topological polar surface area (TPSA) is 42.0 Å². The molecule has 0 saturated heterocycles. The fourth-order valence-corrected chi connectivity index (χ4v) is 2.59. The van der Waals surface area contributed by atoms with Gasteiger partial charge in [-0.1, -0.05) is 54.2 Å². The third kappa shape index (κ3) is 4.10. The number of hydrogen-bond donors (Lipinski definition) is 1. The van der Waals surface area contributed by atoms with Gasteiger partial charge in [0, 0.05) is 11.3 Å². The van der Waals surface area contributed by atoms with Crippen LogP contribution in [0.2, 0.25) is 15.2 Å². The first kappa shape index (κ1) is 16.1. The van der Waals surface area contributed by atoms with E-state index in [1.807, 2.05) is 6.92 Å². The fraction of sp³-hybridized carbons (Fsp3) is 0.200. The van der Waals surface area contributed by atoms with E-state index in [0.717, 1.165) is 18.5 Å². The number of aryl methyl sites for hydroxylation is 1. The number of halogens is 3. The van der Waals surface area contributed by atoms with Crippen molar-refractivity contribution in [1.82, 2.24) is 4.98 Å². The summed E-state index contributed by atoms with van der Waals surface area (Å²) in [4.78, 5) is 16.5. The van der Waals surface area contributed by atoms with Crippen molar-refractivity contribution in [3.63, 3.8) is 0 Å². The number of nitrogens with zero attached hydrogens (tertiary/aromatic N) is 1. The van der Waals surface area contributed by atoms with Crippen molar-refractivity contribution in [3.05, 3.63) is 56.8 Å². The standard InChI is InChI=1S/C15H13Cl3N2O/c1-2-4-10-7-9(8-13(18)19-10)15(21)20-14-11(16)5-3-6-12(14)17/h3,5-8H,2,4H2,1H3,(H,20,21). The molecule has 1 amide bonds. The van der Waals surface area contributed by atoms with Crippen LogP contribution in [0.1, 0.15) is 29.4 Å². The van der Waals surface area contributed by atoms with Crippen LogP contribution < -0.4 is 5.32 Å². The Bertz CT molecular complexity index is 654. The summed E-state index contributed by atoms with van der Waals surface area (Å²) < 4.78 is 0. The Balaban J connectivity index is 2.28. The molecular formula is C15H13Cl3N2O. The van der Waals surface area contributed by atoms with Crippen molar-refractivity contribution >= 4 is 46.4 Å². The Morgan fingerprint density at radius 1 is 1.19 bits per heavy atom. The average molecular weight is 344 g/mol. The number of benzene rings is 1. The zero-order chi connectivity index (χ0) is 15.4. The summed E-state index contributed by atoms with van der Waals surface area (Å²) in [6.07, 6.45) is 1.68. The highest BCUT2D eigenvalue weighted by Crippen LogP contribution is 2.30. The van der Waals surface area contributed by atoms with Gasteiger partial charge >= 0.3 is 0 Å². The van der Waals surface area contributed by atoms with E-state index in [-0.39, 0.29) is 11.1 Å². The van der Waals surface area contributed by atoms with Gasteiger partial charge < -0.3 is 5.32 Å². The predicted molar refractivity (Wildman–Crippen MR) is 87.7 cm³/mol. The SMILES string of the molecule is CCCc1cc(C(=O)Nc2c(Cl)cccc2Cl)cc(Cl)n1. The van der Waals surface area contributed by atoms with Crippen molar-refractivity contribution in [2.24, 2.45) is 0 Å². The molecule has 0 bridgehead atoms. The van der Waals surface area contributed by atoms with Crippen molar-refractivity contribution in [1.29, 1.82) is 0 Å². The fourth-order valence-electron chi connectivity index (χ4n) is 1.87. The lowest BCUT2D eigenvalue weighted by atomic mass is 10.1. The summed E-state index contributed by atoms with van der Waals surface area (Å²) in [7, 11) is 0. The molecule has 21 heavy (non-hydrogen) atoms. The van der Waals surface area contributed by atoms with Gasteiger partial charge in [-0.05, 0) is 30.7 Å². The monoisotopic (exact) mass is 342 g/mol. The summed E-state index contributed by atoms with van der Waals surface area (Å²) in [5.41, 5.74) is 1.59. The molecular weight excluding hydrogens is 331 g/mol. The number of aromatic nitrogens is 1. The largest absolute Gasteiger partial charge is 0.319 e. The molecule has 1 N–H and O–H groups in total. The van der Waals surface area contributed by atoms with Gasteiger partial charge in [-0.15, -0.1) is 0 Å². The van der Waals surface area contributed by atoms with Gasteiger partial charge in [0.15, 0.2) is 0 Å². The van der Waals surface area contributed by atoms with Gasteiger partial charge in [0.1, 0.15) is 5.15 Å². The lowest BCUT2D eigenvalue weighted by molar-refractivity contribution is 0.102. The average Bonchev–Trinajstić information content (AvgIpc) is 2.42. The molecule has 0 spiro atoms. The zero-order valence-electron chi connectivity index (χ0n) is 11.3. The second-order valence-corrected chi connectivity index (χ2v) is 5.67. The van der Waals surface area contributed by atoms with Crippen LogP contribution in [0.3, 0.4) is 0 Å². The summed E-state index contributed by atoms with van der Waals surface area (Å²) in [5, 5.41) is 3.75. The summed E-state index contributed by atoms with van der Waals surface area (Å²) >= 11 is 18.0. The number of carbonyl (C=O) groups excluding carboxylic acids is 1. The molecule has 1 heterocycles. The van der Waals surface area contributed by atoms with Gasteiger partial charge in [0.05, 0.1) is 15.7 Å². The van der Waals surface area contributed by atoms with E-state index in [1.54, 1.807) is 24.3 Å². The quantitative estimate of drug-likeness (QED) is 0.771. The second-order valence-electron chi connectivity index (χ2n) is 4.47. The molecule has 3 nitrogen and oxygen atoms in total. The Morgan fingerprint density at radius 3 is 2.48 bits per heavy atom. The number of amides is 1. The maximum absolute atomic E-state index is 12.3. The molecule has 110 valence electrons. The van der Waals surface area contributed by atoms with Crippen molar-refractivity contribution < 1.29 is 4.79 Å². The molecule has 0 saturated carbocycles. The molecule has 0 aliphatic rings. The van der Waals surface area contributed by atoms with Gasteiger partial charge in [0.2, 0.25) is 0 Å². The van der Waals surface area contributed by atoms with Crippen LogP contribution in [0, 0.1) is 0 Å². The van der Waals surface area contributed by atoms with Crippen LogP contribution in [-0.2, 0) is 6.42 Å². The number of nitrogens with one attached hydrogen (secondary N) is 1. The summed E-state index contributed by atoms with van der Waals surface area (Å²) in [6.45, 7) is 2.03.